The second-order valence-corrected chi connectivity index (χ2v) is 5.15. The van der Waals surface area contributed by atoms with Crippen molar-refractivity contribution in [3.05, 3.63) is 69.2 Å². The molecule has 0 aromatic heterocycles. The van der Waals surface area contributed by atoms with Gasteiger partial charge in [-0.1, -0.05) is 51.8 Å². The summed E-state index contributed by atoms with van der Waals surface area (Å²) in [7, 11) is 0. The molecule has 0 unspecified atom stereocenters. The summed E-state index contributed by atoms with van der Waals surface area (Å²) in [6.07, 6.45) is 1.01. The van der Waals surface area contributed by atoms with Gasteiger partial charge < -0.3 is 0 Å². The average molecular weight is 275 g/mol. The van der Waals surface area contributed by atoms with Gasteiger partial charge in [-0.05, 0) is 49.1 Å². The van der Waals surface area contributed by atoms with E-state index in [9.17, 15) is 0 Å². The van der Waals surface area contributed by atoms with E-state index in [0.29, 0.717) is 0 Å². The predicted molar refractivity (Wildman–Crippen MR) is 72.9 cm³/mol. The fourth-order valence-electron chi connectivity index (χ4n) is 1.81. The molecule has 82 valence electrons. The molecule has 0 N–H and O–H groups in total. The summed E-state index contributed by atoms with van der Waals surface area (Å²) in [5, 5.41) is 0. The van der Waals surface area contributed by atoms with Gasteiger partial charge in [0.15, 0.2) is 0 Å². The van der Waals surface area contributed by atoms with Crippen LogP contribution < -0.4 is 0 Å². The van der Waals surface area contributed by atoms with Crippen molar-refractivity contribution in [3.63, 3.8) is 0 Å². The van der Waals surface area contributed by atoms with E-state index in [-0.39, 0.29) is 0 Å². The Balaban J connectivity index is 2.26. The molecule has 2 rings (SSSR count). The van der Waals surface area contributed by atoms with Crippen molar-refractivity contribution in [2.45, 2.75) is 20.3 Å². The fourth-order valence-corrected chi connectivity index (χ4v) is 2.08. The average Bonchev–Trinajstić information content (AvgIpc) is 2.27. The summed E-state index contributed by atoms with van der Waals surface area (Å²) in [5.41, 5.74) is 5.48. The predicted octanol–water partition coefficient (Wildman–Crippen LogP) is 4.66. The van der Waals surface area contributed by atoms with Crippen LogP contribution in [0.5, 0.6) is 0 Å². The van der Waals surface area contributed by atoms with E-state index in [2.05, 4.69) is 72.2 Å². The summed E-state index contributed by atoms with van der Waals surface area (Å²) < 4.78 is 1.14. The van der Waals surface area contributed by atoms with Crippen molar-refractivity contribution < 1.29 is 0 Å². The van der Waals surface area contributed by atoms with Crippen molar-refractivity contribution in [1.82, 2.24) is 0 Å². The Bertz CT molecular complexity index is 483. The lowest BCUT2D eigenvalue weighted by Crippen LogP contribution is -1.92. The van der Waals surface area contributed by atoms with Gasteiger partial charge >= 0.3 is 0 Å². The molecule has 2 aromatic rings. The molecule has 0 spiro atoms. The lowest BCUT2D eigenvalue weighted by Gasteiger charge is -2.07. The van der Waals surface area contributed by atoms with E-state index < -0.39 is 0 Å². The van der Waals surface area contributed by atoms with Crippen molar-refractivity contribution >= 4 is 15.9 Å². The Kier molecular flexibility index (Phi) is 3.45. The first-order chi connectivity index (χ1) is 7.65. The molecule has 0 nitrogen and oxygen atoms in total. The molecule has 0 aliphatic rings. The molecule has 1 heteroatoms. The number of hydrogen-bond acceptors (Lipinski definition) is 0. The second-order valence-electron chi connectivity index (χ2n) is 4.23. The van der Waals surface area contributed by atoms with Gasteiger partial charge in [0.1, 0.15) is 0 Å². The Morgan fingerprint density at radius 2 is 1.62 bits per heavy atom. The zero-order valence-electron chi connectivity index (χ0n) is 9.63. The standard InChI is InChI=1S/C15H15Br/c1-11-3-4-12(2)14(9-11)10-13-5-7-15(16)8-6-13/h3-9H,10H2,1-2H3. The van der Waals surface area contributed by atoms with E-state index in [1.165, 1.54) is 22.3 Å². The third-order valence-corrected chi connectivity index (χ3v) is 3.34. The van der Waals surface area contributed by atoms with Crippen LogP contribution in [0.1, 0.15) is 22.3 Å². The lowest BCUT2D eigenvalue weighted by atomic mass is 9.99. The van der Waals surface area contributed by atoms with Gasteiger partial charge in [-0.15, -0.1) is 0 Å². The highest BCUT2D eigenvalue weighted by Crippen LogP contribution is 2.17. The highest BCUT2D eigenvalue weighted by molar-refractivity contribution is 9.10. The molecular formula is C15H15Br. The number of hydrogen-bond donors (Lipinski definition) is 0. The van der Waals surface area contributed by atoms with E-state index in [1.54, 1.807) is 0 Å². The Hall–Kier alpha value is -1.08. The van der Waals surface area contributed by atoms with E-state index in [0.717, 1.165) is 10.9 Å². The van der Waals surface area contributed by atoms with E-state index in [4.69, 9.17) is 0 Å². The largest absolute Gasteiger partial charge is 0.0590 e. The van der Waals surface area contributed by atoms with Crippen LogP contribution in [0.25, 0.3) is 0 Å². The van der Waals surface area contributed by atoms with E-state index in [1.807, 2.05) is 0 Å². The maximum absolute atomic E-state index is 3.46. The van der Waals surface area contributed by atoms with Crippen LogP contribution in [0.15, 0.2) is 46.9 Å². The van der Waals surface area contributed by atoms with Crippen LogP contribution in [0.4, 0.5) is 0 Å². The van der Waals surface area contributed by atoms with Gasteiger partial charge in [0.2, 0.25) is 0 Å². The zero-order chi connectivity index (χ0) is 11.5. The van der Waals surface area contributed by atoms with Crippen molar-refractivity contribution in [2.24, 2.45) is 0 Å². The van der Waals surface area contributed by atoms with E-state index >= 15 is 0 Å². The van der Waals surface area contributed by atoms with Gasteiger partial charge in [0.25, 0.3) is 0 Å². The van der Waals surface area contributed by atoms with Crippen LogP contribution in [-0.4, -0.2) is 0 Å². The van der Waals surface area contributed by atoms with Crippen LogP contribution in [0, 0.1) is 13.8 Å². The summed E-state index contributed by atoms with van der Waals surface area (Å²) in [4.78, 5) is 0. The number of benzene rings is 2. The molecule has 0 atom stereocenters. The van der Waals surface area contributed by atoms with Gasteiger partial charge in [-0.25, -0.2) is 0 Å². The lowest BCUT2D eigenvalue weighted by molar-refractivity contribution is 1.14. The quantitative estimate of drug-likeness (QED) is 0.748. The molecule has 0 aliphatic carbocycles. The third kappa shape index (κ3) is 2.73. The van der Waals surface area contributed by atoms with Crippen molar-refractivity contribution in [1.29, 1.82) is 0 Å². The van der Waals surface area contributed by atoms with Crippen LogP contribution in [0.2, 0.25) is 0 Å². The Morgan fingerprint density at radius 3 is 2.31 bits per heavy atom. The van der Waals surface area contributed by atoms with Gasteiger partial charge in [0, 0.05) is 4.47 Å². The summed E-state index contributed by atoms with van der Waals surface area (Å²) >= 11 is 3.46. The monoisotopic (exact) mass is 274 g/mol. The molecule has 2 aromatic carbocycles. The SMILES string of the molecule is Cc1ccc(C)c(Cc2ccc(Br)cc2)c1. The summed E-state index contributed by atoms with van der Waals surface area (Å²) in [6, 6.07) is 15.2. The third-order valence-electron chi connectivity index (χ3n) is 2.81. The van der Waals surface area contributed by atoms with Crippen molar-refractivity contribution in [2.75, 3.05) is 0 Å². The van der Waals surface area contributed by atoms with Crippen LogP contribution in [-0.2, 0) is 6.42 Å². The maximum atomic E-state index is 3.46. The number of halogens is 1. The molecule has 0 radical (unpaired) electrons. The summed E-state index contributed by atoms with van der Waals surface area (Å²) in [5.74, 6) is 0. The topological polar surface area (TPSA) is 0 Å². The summed E-state index contributed by atoms with van der Waals surface area (Å²) in [6.45, 7) is 4.32. The molecule has 0 saturated carbocycles. The minimum atomic E-state index is 1.01. The molecular weight excluding hydrogens is 260 g/mol. The normalized spacial score (nSPS) is 10.4. The fraction of sp³-hybridized carbons (Fsp3) is 0.200. The first-order valence-electron chi connectivity index (χ1n) is 5.46. The number of rotatable bonds is 2. The number of aryl methyl sites for hydroxylation is 2. The first kappa shape index (κ1) is 11.4. The molecule has 0 amide bonds. The molecule has 0 aliphatic heterocycles. The zero-order valence-corrected chi connectivity index (χ0v) is 11.2. The Morgan fingerprint density at radius 1 is 0.938 bits per heavy atom. The molecule has 0 heterocycles. The van der Waals surface area contributed by atoms with Gasteiger partial charge in [-0.3, -0.25) is 0 Å². The minimum absolute atomic E-state index is 1.01. The first-order valence-corrected chi connectivity index (χ1v) is 6.25. The minimum Gasteiger partial charge on any atom is -0.0590 e. The second kappa shape index (κ2) is 4.84. The highest BCUT2D eigenvalue weighted by Gasteiger charge is 2.00. The smallest absolute Gasteiger partial charge is 0.0175 e. The van der Waals surface area contributed by atoms with Crippen LogP contribution in [0.3, 0.4) is 0 Å². The van der Waals surface area contributed by atoms with Gasteiger partial charge in [-0.2, -0.15) is 0 Å². The highest BCUT2D eigenvalue weighted by atomic mass is 79.9. The van der Waals surface area contributed by atoms with Gasteiger partial charge in [0.05, 0.1) is 0 Å². The molecule has 16 heavy (non-hydrogen) atoms. The Labute approximate surface area is 105 Å². The van der Waals surface area contributed by atoms with Crippen molar-refractivity contribution in [3.8, 4) is 0 Å². The maximum Gasteiger partial charge on any atom is 0.0175 e. The van der Waals surface area contributed by atoms with Crippen LogP contribution >= 0.6 is 15.9 Å². The molecule has 0 saturated heterocycles. The molecule has 0 fully saturated rings. The molecule has 0 bridgehead atoms.